The van der Waals surface area contributed by atoms with Crippen molar-refractivity contribution in [2.24, 2.45) is 0 Å². The Morgan fingerprint density at radius 2 is 1.66 bits per heavy atom. The Morgan fingerprint density at radius 3 is 2.41 bits per heavy atom. The highest BCUT2D eigenvalue weighted by Crippen LogP contribution is 2.12. The first kappa shape index (κ1) is 23.2. The minimum absolute atomic E-state index is 0.172. The number of benzene rings is 2. The van der Waals surface area contributed by atoms with Gasteiger partial charge in [0, 0.05) is 42.4 Å². The zero-order chi connectivity index (χ0) is 22.6. The first-order valence-corrected chi connectivity index (χ1v) is 10.8. The summed E-state index contributed by atoms with van der Waals surface area (Å²) in [5.41, 5.74) is 15.6. The molecule has 3 rings (SSSR count). The molecule has 0 unspecified atom stereocenters. The topological polar surface area (TPSA) is 115 Å². The molecular formula is C25H31N5O2. The Hall–Kier alpha value is -3.42. The van der Waals surface area contributed by atoms with E-state index in [0.29, 0.717) is 23.7 Å². The SMILES string of the molecule is Nc1ccc(COCCCCCNCc2ccc(C(=O)Nc3ccnc(N)c3)cc2)cc1. The summed E-state index contributed by atoms with van der Waals surface area (Å²) in [6, 6.07) is 18.7. The van der Waals surface area contributed by atoms with E-state index in [1.807, 2.05) is 48.5 Å². The molecule has 32 heavy (non-hydrogen) atoms. The molecule has 0 aliphatic rings. The number of hydrogen-bond acceptors (Lipinski definition) is 6. The molecule has 168 valence electrons. The standard InChI is InChI=1S/C25H31N5O2/c26-22-10-6-20(7-11-22)18-32-15-3-1-2-13-28-17-19-4-8-21(9-5-19)25(31)30-23-12-14-29-24(27)16-23/h4-12,14,16,28H,1-3,13,15,17-18,26H2,(H3,27,29,30,31). The monoisotopic (exact) mass is 433 g/mol. The summed E-state index contributed by atoms with van der Waals surface area (Å²) in [4.78, 5) is 16.3. The first-order valence-electron chi connectivity index (χ1n) is 10.8. The van der Waals surface area contributed by atoms with Crippen molar-refractivity contribution in [1.82, 2.24) is 10.3 Å². The van der Waals surface area contributed by atoms with Gasteiger partial charge in [0.1, 0.15) is 5.82 Å². The van der Waals surface area contributed by atoms with Crippen molar-refractivity contribution in [3.05, 3.63) is 83.6 Å². The minimum Gasteiger partial charge on any atom is -0.399 e. The molecule has 1 amide bonds. The van der Waals surface area contributed by atoms with E-state index in [4.69, 9.17) is 16.2 Å². The molecule has 0 aliphatic heterocycles. The van der Waals surface area contributed by atoms with Gasteiger partial charge < -0.3 is 26.8 Å². The third kappa shape index (κ3) is 8.02. The van der Waals surface area contributed by atoms with Gasteiger partial charge in [-0.05, 0) is 67.3 Å². The van der Waals surface area contributed by atoms with Crippen LogP contribution in [0.25, 0.3) is 0 Å². The zero-order valence-electron chi connectivity index (χ0n) is 18.2. The molecule has 6 N–H and O–H groups in total. The highest BCUT2D eigenvalue weighted by Gasteiger charge is 2.06. The normalized spacial score (nSPS) is 10.8. The van der Waals surface area contributed by atoms with Gasteiger partial charge in [-0.2, -0.15) is 0 Å². The number of ether oxygens (including phenoxy) is 1. The minimum atomic E-state index is -0.172. The van der Waals surface area contributed by atoms with Crippen molar-refractivity contribution in [2.75, 3.05) is 29.9 Å². The van der Waals surface area contributed by atoms with Crippen LogP contribution in [0, 0.1) is 0 Å². The van der Waals surface area contributed by atoms with Crippen LogP contribution in [0.5, 0.6) is 0 Å². The second-order valence-corrected chi connectivity index (χ2v) is 7.65. The lowest BCUT2D eigenvalue weighted by atomic mass is 10.1. The number of rotatable bonds is 12. The van der Waals surface area contributed by atoms with Gasteiger partial charge in [0.2, 0.25) is 0 Å². The number of nitrogen functional groups attached to an aromatic ring is 2. The van der Waals surface area contributed by atoms with Crippen LogP contribution in [0.1, 0.15) is 40.7 Å². The van der Waals surface area contributed by atoms with Gasteiger partial charge in [-0.3, -0.25) is 4.79 Å². The summed E-state index contributed by atoms with van der Waals surface area (Å²) in [6.45, 7) is 3.11. The summed E-state index contributed by atoms with van der Waals surface area (Å²) in [5.74, 6) is 0.198. The highest BCUT2D eigenvalue weighted by atomic mass is 16.5. The maximum Gasteiger partial charge on any atom is 0.255 e. The van der Waals surface area contributed by atoms with Crippen LogP contribution in [0.2, 0.25) is 0 Å². The molecule has 1 aromatic heterocycles. The summed E-state index contributed by atoms with van der Waals surface area (Å²) in [6.07, 6.45) is 4.83. The Balaban J connectivity index is 1.25. The number of nitrogens with zero attached hydrogens (tertiary/aromatic N) is 1. The molecule has 0 atom stereocenters. The predicted octanol–water partition coefficient (Wildman–Crippen LogP) is 3.98. The van der Waals surface area contributed by atoms with Gasteiger partial charge in [0.15, 0.2) is 0 Å². The number of carbonyl (C=O) groups excluding carboxylic acids is 1. The van der Waals surface area contributed by atoms with E-state index in [0.717, 1.165) is 55.8 Å². The van der Waals surface area contributed by atoms with Crippen LogP contribution in [0.3, 0.4) is 0 Å². The third-order valence-corrected chi connectivity index (χ3v) is 4.97. The van der Waals surface area contributed by atoms with Gasteiger partial charge in [-0.15, -0.1) is 0 Å². The Bertz CT molecular complexity index is 974. The molecule has 0 bridgehead atoms. The van der Waals surface area contributed by atoms with Crippen LogP contribution < -0.4 is 22.1 Å². The van der Waals surface area contributed by atoms with E-state index in [2.05, 4.69) is 15.6 Å². The highest BCUT2D eigenvalue weighted by molar-refractivity contribution is 6.04. The van der Waals surface area contributed by atoms with Crippen molar-refractivity contribution in [3.8, 4) is 0 Å². The van der Waals surface area contributed by atoms with E-state index in [1.165, 1.54) is 0 Å². The average Bonchev–Trinajstić information content (AvgIpc) is 2.79. The van der Waals surface area contributed by atoms with E-state index in [-0.39, 0.29) is 5.91 Å². The Labute approximate surface area is 189 Å². The van der Waals surface area contributed by atoms with Gasteiger partial charge in [0.05, 0.1) is 6.61 Å². The molecule has 0 radical (unpaired) electrons. The van der Waals surface area contributed by atoms with Crippen LogP contribution in [0.4, 0.5) is 17.2 Å². The second kappa shape index (κ2) is 12.4. The second-order valence-electron chi connectivity index (χ2n) is 7.65. The fourth-order valence-corrected chi connectivity index (χ4v) is 3.17. The molecule has 2 aromatic carbocycles. The molecule has 3 aromatic rings. The van der Waals surface area contributed by atoms with Gasteiger partial charge in [0.25, 0.3) is 5.91 Å². The lowest BCUT2D eigenvalue weighted by Crippen LogP contribution is -2.15. The summed E-state index contributed by atoms with van der Waals surface area (Å²) in [7, 11) is 0. The maximum atomic E-state index is 12.3. The number of pyridine rings is 1. The Morgan fingerprint density at radius 1 is 0.906 bits per heavy atom. The van der Waals surface area contributed by atoms with Crippen molar-refractivity contribution < 1.29 is 9.53 Å². The third-order valence-electron chi connectivity index (χ3n) is 4.97. The number of anilines is 3. The predicted molar refractivity (Wildman–Crippen MR) is 129 cm³/mol. The summed E-state index contributed by atoms with van der Waals surface area (Å²) >= 11 is 0. The molecular weight excluding hydrogens is 402 g/mol. The smallest absolute Gasteiger partial charge is 0.255 e. The maximum absolute atomic E-state index is 12.3. The van der Waals surface area contributed by atoms with Crippen molar-refractivity contribution in [2.45, 2.75) is 32.4 Å². The number of unbranched alkanes of at least 4 members (excludes halogenated alkanes) is 2. The van der Waals surface area contributed by atoms with Gasteiger partial charge >= 0.3 is 0 Å². The molecule has 7 nitrogen and oxygen atoms in total. The lowest BCUT2D eigenvalue weighted by Gasteiger charge is -2.08. The van der Waals surface area contributed by atoms with Gasteiger partial charge in [-0.1, -0.05) is 24.3 Å². The number of aromatic nitrogens is 1. The first-order chi connectivity index (χ1) is 15.6. The molecule has 0 spiro atoms. The van der Waals surface area contributed by atoms with Crippen LogP contribution in [-0.2, 0) is 17.9 Å². The fourth-order valence-electron chi connectivity index (χ4n) is 3.17. The summed E-state index contributed by atoms with van der Waals surface area (Å²) in [5, 5.41) is 6.27. The molecule has 0 saturated carbocycles. The summed E-state index contributed by atoms with van der Waals surface area (Å²) < 4.78 is 5.71. The lowest BCUT2D eigenvalue weighted by molar-refractivity contribution is 0.102. The van der Waals surface area contributed by atoms with Crippen LogP contribution in [0.15, 0.2) is 66.9 Å². The van der Waals surface area contributed by atoms with Crippen molar-refractivity contribution in [3.63, 3.8) is 0 Å². The van der Waals surface area contributed by atoms with Crippen LogP contribution >= 0.6 is 0 Å². The van der Waals surface area contributed by atoms with E-state index in [1.54, 1.807) is 18.3 Å². The number of nitrogens with one attached hydrogen (secondary N) is 2. The molecule has 0 fully saturated rings. The van der Waals surface area contributed by atoms with E-state index < -0.39 is 0 Å². The van der Waals surface area contributed by atoms with Crippen molar-refractivity contribution in [1.29, 1.82) is 0 Å². The Kier molecular flexibility index (Phi) is 9.04. The molecule has 1 heterocycles. The molecule has 0 aliphatic carbocycles. The van der Waals surface area contributed by atoms with E-state index >= 15 is 0 Å². The number of carbonyl (C=O) groups is 1. The number of amides is 1. The number of nitrogens with two attached hydrogens (primary N) is 2. The average molecular weight is 434 g/mol. The van der Waals surface area contributed by atoms with E-state index in [9.17, 15) is 4.79 Å². The number of hydrogen-bond donors (Lipinski definition) is 4. The van der Waals surface area contributed by atoms with Crippen molar-refractivity contribution >= 4 is 23.1 Å². The zero-order valence-corrected chi connectivity index (χ0v) is 18.2. The van der Waals surface area contributed by atoms with Crippen LogP contribution in [-0.4, -0.2) is 24.0 Å². The molecule has 0 saturated heterocycles. The quantitative estimate of drug-likeness (QED) is 0.254. The fraction of sp³-hybridized carbons (Fsp3) is 0.280. The molecule has 7 heteroatoms. The van der Waals surface area contributed by atoms with Gasteiger partial charge in [-0.25, -0.2) is 4.98 Å². The largest absolute Gasteiger partial charge is 0.399 e.